The number of aromatic nitrogens is 1. The van der Waals surface area contributed by atoms with E-state index in [1.165, 1.54) is 6.42 Å². The molecule has 0 amide bonds. The van der Waals surface area contributed by atoms with Crippen LogP contribution in [0.25, 0.3) is 10.9 Å². The lowest BCUT2D eigenvalue weighted by atomic mass is 9.73. The van der Waals surface area contributed by atoms with Crippen LogP contribution in [-0.2, 0) is 16.0 Å². The first kappa shape index (κ1) is 21.2. The fraction of sp³-hybridized carbons (Fsp3) is 0.333. The van der Waals surface area contributed by atoms with Crippen LogP contribution in [0.4, 0.5) is 0 Å². The van der Waals surface area contributed by atoms with Crippen molar-refractivity contribution < 1.29 is 9.53 Å². The Kier molecular flexibility index (Phi) is 5.99. The van der Waals surface area contributed by atoms with Crippen LogP contribution >= 0.6 is 11.6 Å². The highest BCUT2D eigenvalue weighted by Crippen LogP contribution is 2.43. The minimum Gasteiger partial charge on any atom is -0.456 e. The molecule has 32 heavy (non-hydrogen) atoms. The van der Waals surface area contributed by atoms with E-state index in [9.17, 15) is 4.79 Å². The number of pyridine rings is 1. The van der Waals surface area contributed by atoms with Crippen molar-refractivity contribution in [3.05, 3.63) is 89.6 Å². The highest BCUT2D eigenvalue weighted by molar-refractivity contribution is 6.31. The summed E-state index contributed by atoms with van der Waals surface area (Å²) in [5.41, 5.74) is 2.72. The Hall–Kier alpha value is -2.69. The van der Waals surface area contributed by atoms with E-state index < -0.39 is 0 Å². The minimum absolute atomic E-state index is 0.144. The quantitative estimate of drug-likeness (QED) is 0.364. The van der Waals surface area contributed by atoms with Gasteiger partial charge in [-0.3, -0.25) is 14.7 Å². The third kappa shape index (κ3) is 4.05. The van der Waals surface area contributed by atoms with Crippen LogP contribution in [0.5, 0.6) is 0 Å². The van der Waals surface area contributed by atoms with Gasteiger partial charge in [-0.15, -0.1) is 6.58 Å². The van der Waals surface area contributed by atoms with Gasteiger partial charge in [0.1, 0.15) is 6.10 Å². The molecule has 4 nitrogen and oxygen atoms in total. The molecule has 5 heteroatoms. The number of para-hydroxylation sites is 1. The molecule has 3 aromatic rings. The first-order valence-corrected chi connectivity index (χ1v) is 11.6. The van der Waals surface area contributed by atoms with Crippen molar-refractivity contribution in [3.63, 3.8) is 0 Å². The van der Waals surface area contributed by atoms with Gasteiger partial charge >= 0.3 is 5.97 Å². The summed E-state index contributed by atoms with van der Waals surface area (Å²) in [5.74, 6) is 0.834. The highest BCUT2D eigenvalue weighted by Gasteiger charge is 2.44. The molecular weight excluding hydrogens is 420 g/mol. The number of piperidine rings is 3. The van der Waals surface area contributed by atoms with Crippen LogP contribution in [0.15, 0.2) is 73.4 Å². The number of fused-ring (bicyclic) bond motifs is 4. The normalized spacial score (nSPS) is 25.4. The number of rotatable bonds is 6. The zero-order chi connectivity index (χ0) is 22.1. The van der Waals surface area contributed by atoms with Gasteiger partial charge < -0.3 is 4.74 Å². The zero-order valence-corrected chi connectivity index (χ0v) is 18.7. The third-order valence-electron chi connectivity index (χ3n) is 7.04. The second-order valence-corrected chi connectivity index (χ2v) is 9.25. The second kappa shape index (κ2) is 9.05. The van der Waals surface area contributed by atoms with Gasteiger partial charge in [-0.05, 0) is 55.0 Å². The third-order valence-corrected chi connectivity index (χ3v) is 7.41. The smallest absolute Gasteiger partial charge is 0.310 e. The summed E-state index contributed by atoms with van der Waals surface area (Å²) in [7, 11) is 0. The molecule has 0 spiro atoms. The molecule has 0 saturated carbocycles. The number of ether oxygens (including phenoxy) is 1. The van der Waals surface area contributed by atoms with E-state index in [1.54, 1.807) is 6.07 Å². The lowest BCUT2D eigenvalue weighted by molar-refractivity contribution is -0.156. The Labute approximate surface area is 193 Å². The van der Waals surface area contributed by atoms with E-state index in [-0.39, 0.29) is 24.5 Å². The summed E-state index contributed by atoms with van der Waals surface area (Å²) in [4.78, 5) is 20.1. The van der Waals surface area contributed by atoms with Crippen LogP contribution in [-0.4, -0.2) is 35.0 Å². The fourth-order valence-electron chi connectivity index (χ4n) is 5.39. The fourth-order valence-corrected chi connectivity index (χ4v) is 5.59. The van der Waals surface area contributed by atoms with Gasteiger partial charge in [-0.1, -0.05) is 54.1 Å². The molecule has 5 atom stereocenters. The van der Waals surface area contributed by atoms with Crippen molar-refractivity contribution in [2.45, 2.75) is 31.4 Å². The standard InChI is InChI=1S/C27H27ClN2O2/c1-2-18-17-30-14-12-19(18)15-25(30)27(22-11-13-29-24-10-6-4-8-21(22)24)32-26(31)16-20-7-3-5-9-23(20)28/h2-11,13,18-19,25,27H,1,12,14-17H2/t18-,19+,25-,27+/m0/s1. The van der Waals surface area contributed by atoms with Crippen molar-refractivity contribution >= 4 is 28.5 Å². The number of hydrogen-bond acceptors (Lipinski definition) is 4. The number of carbonyl (C=O) groups excluding carboxylic acids is 1. The maximum absolute atomic E-state index is 13.1. The molecule has 0 aliphatic carbocycles. The number of esters is 1. The topological polar surface area (TPSA) is 42.4 Å². The second-order valence-electron chi connectivity index (χ2n) is 8.84. The van der Waals surface area contributed by atoms with Crippen molar-refractivity contribution in [1.82, 2.24) is 9.88 Å². The van der Waals surface area contributed by atoms with Gasteiger partial charge in [-0.25, -0.2) is 0 Å². The Bertz CT molecular complexity index is 1140. The monoisotopic (exact) mass is 446 g/mol. The number of carbonyl (C=O) groups is 1. The molecule has 3 aliphatic heterocycles. The van der Waals surface area contributed by atoms with E-state index in [4.69, 9.17) is 16.3 Å². The van der Waals surface area contributed by atoms with E-state index in [0.717, 1.165) is 41.5 Å². The summed E-state index contributed by atoms with van der Waals surface area (Å²) < 4.78 is 6.27. The number of benzene rings is 2. The Morgan fingerprint density at radius 1 is 1.22 bits per heavy atom. The predicted molar refractivity (Wildman–Crippen MR) is 128 cm³/mol. The van der Waals surface area contributed by atoms with Gasteiger partial charge in [0.25, 0.3) is 0 Å². The molecule has 1 unspecified atom stereocenters. The van der Waals surface area contributed by atoms with Gasteiger partial charge in [0.2, 0.25) is 0 Å². The molecule has 2 aromatic carbocycles. The van der Waals surface area contributed by atoms with Gasteiger partial charge in [-0.2, -0.15) is 0 Å². The van der Waals surface area contributed by atoms with Gasteiger partial charge in [0.15, 0.2) is 0 Å². The Balaban J connectivity index is 1.49. The lowest BCUT2D eigenvalue weighted by Crippen LogP contribution is -2.55. The maximum Gasteiger partial charge on any atom is 0.310 e. The van der Waals surface area contributed by atoms with Gasteiger partial charge in [0, 0.05) is 28.7 Å². The molecule has 3 saturated heterocycles. The molecule has 1 aromatic heterocycles. The lowest BCUT2D eigenvalue weighted by Gasteiger charge is -2.51. The molecule has 0 radical (unpaired) electrons. The molecular formula is C27H27ClN2O2. The largest absolute Gasteiger partial charge is 0.456 e. The summed E-state index contributed by atoms with van der Waals surface area (Å²) in [6, 6.07) is 17.7. The highest BCUT2D eigenvalue weighted by atomic mass is 35.5. The zero-order valence-electron chi connectivity index (χ0n) is 18.0. The summed E-state index contributed by atoms with van der Waals surface area (Å²) in [6.45, 7) is 6.04. The minimum atomic E-state index is -0.355. The molecule has 0 N–H and O–H groups in total. The molecule has 3 fully saturated rings. The van der Waals surface area contributed by atoms with Crippen molar-refractivity contribution in [1.29, 1.82) is 0 Å². The van der Waals surface area contributed by atoms with E-state index >= 15 is 0 Å². The summed E-state index contributed by atoms with van der Waals surface area (Å²) in [5, 5.41) is 1.62. The van der Waals surface area contributed by atoms with Crippen molar-refractivity contribution in [3.8, 4) is 0 Å². The number of hydrogen-bond donors (Lipinski definition) is 0. The van der Waals surface area contributed by atoms with Crippen LogP contribution < -0.4 is 0 Å². The van der Waals surface area contributed by atoms with Gasteiger partial charge in [0.05, 0.1) is 18.0 Å². The molecule has 164 valence electrons. The molecule has 4 heterocycles. The van der Waals surface area contributed by atoms with Crippen molar-refractivity contribution in [2.75, 3.05) is 13.1 Å². The first-order chi connectivity index (χ1) is 15.6. The Morgan fingerprint density at radius 3 is 2.81 bits per heavy atom. The van der Waals surface area contributed by atoms with Crippen molar-refractivity contribution in [2.24, 2.45) is 11.8 Å². The SMILES string of the molecule is C=C[C@H]1CN2CC[C@@H]1C[C@H]2[C@H](OC(=O)Cc1ccccc1Cl)c1ccnc2ccccc12. The molecule has 2 bridgehead atoms. The van der Waals surface area contributed by atoms with E-state index in [1.807, 2.05) is 48.7 Å². The Morgan fingerprint density at radius 2 is 2.03 bits per heavy atom. The summed E-state index contributed by atoms with van der Waals surface area (Å²) in [6.07, 6.45) is 5.88. The van der Waals surface area contributed by atoms with E-state index in [0.29, 0.717) is 16.9 Å². The average Bonchev–Trinajstić information content (AvgIpc) is 2.84. The summed E-state index contributed by atoms with van der Waals surface area (Å²) >= 11 is 6.30. The van der Waals surface area contributed by atoms with Crippen LogP contribution in [0, 0.1) is 11.8 Å². The van der Waals surface area contributed by atoms with Crippen LogP contribution in [0.2, 0.25) is 5.02 Å². The number of halogens is 1. The predicted octanol–water partition coefficient (Wildman–Crippen LogP) is 5.61. The average molecular weight is 447 g/mol. The van der Waals surface area contributed by atoms with E-state index in [2.05, 4.69) is 28.6 Å². The first-order valence-electron chi connectivity index (χ1n) is 11.3. The molecule has 3 aliphatic rings. The van der Waals surface area contributed by atoms with Crippen LogP contribution in [0.1, 0.15) is 30.1 Å². The number of nitrogens with zero attached hydrogens (tertiary/aromatic N) is 2. The maximum atomic E-state index is 13.1. The van der Waals surface area contributed by atoms with Crippen LogP contribution in [0.3, 0.4) is 0 Å². The molecule has 6 rings (SSSR count).